The van der Waals surface area contributed by atoms with E-state index >= 15 is 0 Å². The van der Waals surface area contributed by atoms with E-state index in [2.05, 4.69) is 74.9 Å². The van der Waals surface area contributed by atoms with Gasteiger partial charge in [0, 0.05) is 30.5 Å². The molecule has 6 heteroatoms. The molecule has 0 aliphatic rings. The summed E-state index contributed by atoms with van der Waals surface area (Å²) in [4.78, 5) is 4.90. The number of rotatable bonds is 5. The van der Waals surface area contributed by atoms with Crippen LogP contribution in [0.3, 0.4) is 0 Å². The number of pyridine rings is 1. The monoisotopic (exact) mass is 892 g/mol. The van der Waals surface area contributed by atoms with Crippen LogP contribution in [0, 0.1) is 37.9 Å². The zero-order chi connectivity index (χ0) is 41.8. The van der Waals surface area contributed by atoms with Gasteiger partial charge in [-0.3, -0.25) is 9.37 Å². The minimum atomic E-state index is -2.60. The fourth-order valence-corrected chi connectivity index (χ4v) is 6.96. The summed E-state index contributed by atoms with van der Waals surface area (Å²) in [5.74, 6) is 1.22. The standard InChI is InChI=1S/C25H24FN2.C23H16NO.Ir/c1-16(2)20-8-7-9-21(17(3)4)24(20)28-23-11-6-5-10-22(23)27-25(28)18-12-14-19(26)15-13-18;1-15-12-13-24(14-16(15)2)21-9-5-8-19-20-11-10-17-6-3-4-7-18(17)22(20)25-23(19)21;/h5-12,14-17H,1-4H3;3-8,10-12,14H,1-2H3;/q2*-1;+3/i;1D3,2D3;. The maximum Gasteiger partial charge on any atom is 3.00 e. The van der Waals surface area contributed by atoms with Crippen LogP contribution in [-0.4, -0.2) is 9.55 Å². The van der Waals surface area contributed by atoms with Crippen molar-refractivity contribution in [2.45, 2.75) is 53.2 Å². The first kappa shape index (κ1) is 30.0. The van der Waals surface area contributed by atoms with Crippen molar-refractivity contribution in [3.8, 4) is 22.8 Å². The number of halogens is 1. The van der Waals surface area contributed by atoms with Crippen molar-refractivity contribution in [3.63, 3.8) is 0 Å². The number of para-hydroxylation sites is 3. The molecule has 0 N–H and O–H groups in total. The molecule has 0 amide bonds. The molecule has 9 aromatic rings. The van der Waals surface area contributed by atoms with Gasteiger partial charge in [-0.1, -0.05) is 125 Å². The van der Waals surface area contributed by atoms with Gasteiger partial charge in [0.1, 0.15) is 5.58 Å². The van der Waals surface area contributed by atoms with E-state index in [0.29, 0.717) is 23.1 Å². The van der Waals surface area contributed by atoms with Crippen molar-refractivity contribution in [2.75, 3.05) is 0 Å². The molecule has 9 rings (SSSR count). The topological polar surface area (TPSA) is 34.8 Å². The average molecular weight is 892 g/mol. The summed E-state index contributed by atoms with van der Waals surface area (Å²) in [6.45, 7) is 3.70. The van der Waals surface area contributed by atoms with Crippen molar-refractivity contribution in [1.29, 1.82) is 0 Å². The summed E-state index contributed by atoms with van der Waals surface area (Å²) >= 11 is 0. The maximum absolute atomic E-state index is 13.5. The van der Waals surface area contributed by atoms with Crippen molar-refractivity contribution in [1.82, 2.24) is 9.55 Å². The van der Waals surface area contributed by atoms with Gasteiger partial charge in [0.05, 0.1) is 34.3 Å². The zero-order valence-corrected chi connectivity index (χ0v) is 32.6. The Morgan fingerprint density at radius 3 is 2.22 bits per heavy atom. The average Bonchev–Trinajstić information content (AvgIpc) is 3.79. The van der Waals surface area contributed by atoms with Gasteiger partial charge in [-0.05, 0) is 40.5 Å². The fourth-order valence-electron chi connectivity index (χ4n) is 6.96. The Morgan fingerprint density at radius 1 is 0.741 bits per heavy atom. The SMILES string of the molecule is CC(C)c1cccc(C(C)C)c1-n1c(-c2[c-]cc(F)cc2)nc2ccccc21.[2H]C([2H])([2H])c1c[c-][n+](-c2[c-]ccc3c2oc2c4ccccc4ccc32)cc1C([2H])([2H])[2H].[Ir+3]. The van der Waals surface area contributed by atoms with Crippen LogP contribution >= 0.6 is 0 Å². The van der Waals surface area contributed by atoms with E-state index in [1.54, 1.807) is 12.1 Å². The first-order valence-electron chi connectivity index (χ1n) is 20.6. The van der Waals surface area contributed by atoms with Gasteiger partial charge in [0.15, 0.2) is 6.20 Å². The number of imidazole rings is 1. The number of fused-ring (bicyclic) bond motifs is 6. The number of aryl methyl sites for hydroxylation is 2. The Hall–Kier alpha value is -5.42. The normalized spacial score (nSPS) is 13.5. The van der Waals surface area contributed by atoms with Crippen LogP contribution in [0.5, 0.6) is 0 Å². The summed E-state index contributed by atoms with van der Waals surface area (Å²) in [6, 6.07) is 42.2. The second-order valence-electron chi connectivity index (χ2n) is 13.7. The van der Waals surface area contributed by atoms with Gasteiger partial charge in [-0.25, -0.2) is 0 Å². The molecule has 0 fully saturated rings. The second-order valence-corrected chi connectivity index (χ2v) is 13.7. The molecular weight excluding hydrogens is 846 g/mol. The molecule has 0 aliphatic carbocycles. The van der Waals surface area contributed by atoms with Crippen LogP contribution in [0.2, 0.25) is 0 Å². The molecule has 3 heterocycles. The number of benzene rings is 6. The van der Waals surface area contributed by atoms with Crippen LogP contribution in [0.25, 0.3) is 66.5 Å². The molecule has 268 valence electrons. The van der Waals surface area contributed by atoms with E-state index in [1.165, 1.54) is 45.8 Å². The molecule has 0 aliphatic heterocycles. The van der Waals surface area contributed by atoms with Crippen LogP contribution < -0.4 is 4.57 Å². The minimum Gasteiger partial charge on any atom is -0.518 e. The summed E-state index contributed by atoms with van der Waals surface area (Å²) in [5.41, 5.74) is 7.69. The number of aromatic nitrogens is 3. The van der Waals surface area contributed by atoms with Crippen LogP contribution in [-0.2, 0) is 20.1 Å². The molecule has 0 radical (unpaired) electrons. The predicted molar refractivity (Wildman–Crippen MR) is 213 cm³/mol. The summed E-state index contributed by atoms with van der Waals surface area (Å²) in [7, 11) is 0. The Bertz CT molecular complexity index is 2980. The van der Waals surface area contributed by atoms with Gasteiger partial charge in [0.2, 0.25) is 0 Å². The third kappa shape index (κ3) is 6.66. The van der Waals surface area contributed by atoms with E-state index in [0.717, 1.165) is 49.5 Å². The van der Waals surface area contributed by atoms with Gasteiger partial charge in [-0.15, -0.1) is 35.4 Å². The number of nitrogens with zero attached hydrogens (tertiary/aromatic N) is 3. The van der Waals surface area contributed by atoms with E-state index in [-0.39, 0.29) is 37.0 Å². The van der Waals surface area contributed by atoms with Crippen molar-refractivity contribution in [2.24, 2.45) is 0 Å². The third-order valence-electron chi connectivity index (χ3n) is 9.58. The van der Waals surface area contributed by atoms with Crippen molar-refractivity contribution >= 4 is 43.7 Å². The van der Waals surface area contributed by atoms with Crippen molar-refractivity contribution < 1.29 is 41.7 Å². The first-order valence-corrected chi connectivity index (χ1v) is 17.6. The molecule has 0 saturated carbocycles. The second kappa shape index (κ2) is 15.1. The largest absolute Gasteiger partial charge is 3.00 e. The molecule has 0 spiro atoms. The predicted octanol–water partition coefficient (Wildman–Crippen LogP) is 12.1. The van der Waals surface area contributed by atoms with Gasteiger partial charge in [0.25, 0.3) is 0 Å². The molecule has 0 unspecified atom stereocenters. The molecule has 6 aromatic carbocycles. The van der Waals surface area contributed by atoms with E-state index in [9.17, 15) is 4.39 Å². The van der Waals surface area contributed by atoms with E-state index in [4.69, 9.17) is 17.6 Å². The van der Waals surface area contributed by atoms with Gasteiger partial charge < -0.3 is 13.6 Å². The minimum absolute atomic E-state index is 0. The fraction of sp³-hybridized carbons (Fsp3) is 0.167. The Kier molecular flexibility index (Phi) is 8.40. The molecule has 0 atom stereocenters. The molecule has 54 heavy (non-hydrogen) atoms. The molecule has 0 bridgehead atoms. The van der Waals surface area contributed by atoms with E-state index in [1.807, 2.05) is 60.7 Å². The Morgan fingerprint density at radius 2 is 1.48 bits per heavy atom. The zero-order valence-electron chi connectivity index (χ0n) is 36.2. The Balaban J connectivity index is 0.000000179. The number of hydrogen-bond donors (Lipinski definition) is 0. The smallest absolute Gasteiger partial charge is 0.518 e. The molecule has 4 nitrogen and oxygen atoms in total. The molecule has 0 saturated heterocycles. The maximum atomic E-state index is 13.5. The van der Waals surface area contributed by atoms with Crippen LogP contribution in [0.4, 0.5) is 4.39 Å². The number of furan rings is 1. The number of hydrogen-bond acceptors (Lipinski definition) is 2. The molecular formula is C48H40FIrN3O+. The summed E-state index contributed by atoms with van der Waals surface area (Å²) in [5, 5.41) is 3.80. The van der Waals surface area contributed by atoms with Gasteiger partial charge >= 0.3 is 20.1 Å². The van der Waals surface area contributed by atoms with Crippen LogP contribution in [0.15, 0.2) is 126 Å². The van der Waals surface area contributed by atoms with Gasteiger partial charge in [-0.2, -0.15) is 18.2 Å². The van der Waals surface area contributed by atoms with Crippen molar-refractivity contribution in [3.05, 3.63) is 168 Å². The van der Waals surface area contributed by atoms with Crippen LogP contribution in [0.1, 0.15) is 70.0 Å². The molecule has 3 aromatic heterocycles. The summed E-state index contributed by atoms with van der Waals surface area (Å²) in [6.07, 6.45) is 4.14. The quantitative estimate of drug-likeness (QED) is 0.127. The summed E-state index contributed by atoms with van der Waals surface area (Å²) < 4.78 is 69.9. The Labute approximate surface area is 337 Å². The van der Waals surface area contributed by atoms with E-state index < -0.39 is 13.7 Å². The third-order valence-corrected chi connectivity index (χ3v) is 9.58. The first-order chi connectivity index (χ1) is 28.1.